The standard InChI is InChI=1S/C22H26O2/c1-3-7-17(8-4-1)11-13-19-15-21-22(24-21)16-20(23-19)14-12-18-9-5-2-6-10-18/h1-10,19-22H,11-16H2/t19-,20+,21-,22+. The van der Waals surface area contributed by atoms with Gasteiger partial charge in [-0.1, -0.05) is 60.7 Å². The SMILES string of the molecule is c1ccc(CC[C@@H]2C[C@H]3O[C@H]3C[C@H](CCc3ccccc3)O2)cc1. The predicted octanol–water partition coefficient (Wildman–Crippen LogP) is 4.57. The number of benzene rings is 2. The fourth-order valence-corrected chi connectivity index (χ4v) is 3.81. The quantitative estimate of drug-likeness (QED) is 0.727. The van der Waals surface area contributed by atoms with Crippen LogP contribution in [0.15, 0.2) is 60.7 Å². The zero-order chi connectivity index (χ0) is 16.2. The number of rotatable bonds is 6. The first-order valence-electron chi connectivity index (χ1n) is 9.25. The Morgan fingerprint density at radius 1 is 0.625 bits per heavy atom. The van der Waals surface area contributed by atoms with Crippen molar-refractivity contribution < 1.29 is 9.47 Å². The average Bonchev–Trinajstić information content (AvgIpc) is 3.37. The summed E-state index contributed by atoms with van der Waals surface area (Å²) < 4.78 is 12.3. The summed E-state index contributed by atoms with van der Waals surface area (Å²) in [5.74, 6) is 0. The van der Waals surface area contributed by atoms with Crippen LogP contribution in [0.25, 0.3) is 0 Å². The van der Waals surface area contributed by atoms with Crippen LogP contribution in [0.5, 0.6) is 0 Å². The lowest BCUT2D eigenvalue weighted by molar-refractivity contribution is -0.0312. The second kappa shape index (κ2) is 7.50. The molecule has 0 aromatic heterocycles. The van der Waals surface area contributed by atoms with Gasteiger partial charge >= 0.3 is 0 Å². The van der Waals surface area contributed by atoms with E-state index in [-0.39, 0.29) is 0 Å². The van der Waals surface area contributed by atoms with Gasteiger partial charge in [0.05, 0.1) is 24.4 Å². The summed E-state index contributed by atoms with van der Waals surface area (Å²) in [4.78, 5) is 0. The molecule has 0 spiro atoms. The van der Waals surface area contributed by atoms with E-state index in [9.17, 15) is 0 Å². The summed E-state index contributed by atoms with van der Waals surface area (Å²) in [6, 6.07) is 21.5. The highest BCUT2D eigenvalue weighted by Crippen LogP contribution is 2.37. The maximum Gasteiger partial charge on any atom is 0.0867 e. The van der Waals surface area contributed by atoms with E-state index in [0.717, 1.165) is 38.5 Å². The Kier molecular flexibility index (Phi) is 4.96. The first-order valence-corrected chi connectivity index (χ1v) is 9.25. The van der Waals surface area contributed by atoms with E-state index in [1.54, 1.807) is 0 Å². The highest BCUT2D eigenvalue weighted by molar-refractivity contribution is 5.15. The minimum absolute atomic E-state index is 0.337. The van der Waals surface area contributed by atoms with Gasteiger partial charge in [-0.15, -0.1) is 0 Å². The van der Waals surface area contributed by atoms with Crippen molar-refractivity contribution in [2.75, 3.05) is 0 Å². The van der Waals surface area contributed by atoms with Crippen molar-refractivity contribution in [2.24, 2.45) is 0 Å². The molecule has 0 unspecified atom stereocenters. The van der Waals surface area contributed by atoms with Crippen molar-refractivity contribution in [1.82, 2.24) is 0 Å². The van der Waals surface area contributed by atoms with Crippen LogP contribution >= 0.6 is 0 Å². The second-order valence-corrected chi connectivity index (χ2v) is 7.11. The molecular weight excluding hydrogens is 296 g/mol. The smallest absolute Gasteiger partial charge is 0.0867 e. The van der Waals surface area contributed by atoms with Gasteiger partial charge in [0.2, 0.25) is 0 Å². The monoisotopic (exact) mass is 322 g/mol. The minimum Gasteiger partial charge on any atom is -0.375 e. The summed E-state index contributed by atoms with van der Waals surface area (Å²) in [6.07, 6.45) is 8.09. The highest BCUT2D eigenvalue weighted by atomic mass is 16.6. The molecule has 2 aliphatic rings. The number of epoxide rings is 1. The molecule has 126 valence electrons. The molecule has 0 saturated carbocycles. The Morgan fingerprint density at radius 3 is 1.54 bits per heavy atom. The van der Waals surface area contributed by atoms with Crippen LogP contribution in [0.2, 0.25) is 0 Å². The van der Waals surface area contributed by atoms with Crippen molar-refractivity contribution >= 4 is 0 Å². The molecule has 0 aliphatic carbocycles. The van der Waals surface area contributed by atoms with Crippen LogP contribution in [0, 0.1) is 0 Å². The molecule has 4 rings (SSSR count). The Morgan fingerprint density at radius 2 is 1.08 bits per heavy atom. The lowest BCUT2D eigenvalue weighted by Gasteiger charge is -2.23. The normalized spacial score (nSPS) is 28.8. The lowest BCUT2D eigenvalue weighted by atomic mass is 10.0. The van der Waals surface area contributed by atoms with Gasteiger partial charge in [0.1, 0.15) is 0 Å². The van der Waals surface area contributed by atoms with Crippen molar-refractivity contribution in [2.45, 2.75) is 62.9 Å². The van der Waals surface area contributed by atoms with Crippen LogP contribution in [0.1, 0.15) is 36.8 Å². The van der Waals surface area contributed by atoms with Crippen molar-refractivity contribution in [1.29, 1.82) is 0 Å². The maximum atomic E-state index is 6.48. The third-order valence-corrected chi connectivity index (χ3v) is 5.26. The Bertz CT molecular complexity index is 569. The Balaban J connectivity index is 1.32. The third-order valence-electron chi connectivity index (χ3n) is 5.26. The van der Waals surface area contributed by atoms with Crippen LogP contribution < -0.4 is 0 Å². The van der Waals surface area contributed by atoms with E-state index in [2.05, 4.69) is 60.7 Å². The number of hydrogen-bond acceptors (Lipinski definition) is 2. The molecular formula is C22H26O2. The van der Waals surface area contributed by atoms with Crippen LogP contribution in [0.3, 0.4) is 0 Å². The predicted molar refractivity (Wildman–Crippen MR) is 96.1 cm³/mol. The molecule has 2 aromatic rings. The van der Waals surface area contributed by atoms with Gasteiger partial charge in [-0.3, -0.25) is 0 Å². The zero-order valence-electron chi connectivity index (χ0n) is 14.1. The molecule has 0 amide bonds. The third kappa shape index (κ3) is 4.25. The minimum atomic E-state index is 0.337. The summed E-state index contributed by atoms with van der Waals surface area (Å²) >= 11 is 0. The topological polar surface area (TPSA) is 21.8 Å². The average molecular weight is 322 g/mol. The summed E-state index contributed by atoms with van der Waals surface area (Å²) in [5.41, 5.74) is 2.80. The van der Waals surface area contributed by atoms with E-state index in [1.165, 1.54) is 11.1 Å². The Hall–Kier alpha value is -1.64. The fourth-order valence-electron chi connectivity index (χ4n) is 3.81. The van der Waals surface area contributed by atoms with Gasteiger partial charge in [0.15, 0.2) is 0 Å². The molecule has 2 heterocycles. The molecule has 0 radical (unpaired) electrons. The summed E-state index contributed by atoms with van der Waals surface area (Å²) in [6.45, 7) is 0. The maximum absolute atomic E-state index is 6.48. The van der Waals surface area contributed by atoms with Crippen molar-refractivity contribution in [3.05, 3.63) is 71.8 Å². The molecule has 2 aliphatic heterocycles. The molecule has 24 heavy (non-hydrogen) atoms. The zero-order valence-corrected chi connectivity index (χ0v) is 14.1. The van der Waals surface area contributed by atoms with Gasteiger partial charge < -0.3 is 9.47 Å². The number of ether oxygens (including phenoxy) is 2. The molecule has 2 fully saturated rings. The summed E-state index contributed by atoms with van der Waals surface area (Å²) in [7, 11) is 0. The molecule has 0 N–H and O–H groups in total. The van der Waals surface area contributed by atoms with Gasteiger partial charge in [-0.2, -0.15) is 0 Å². The van der Waals surface area contributed by atoms with Crippen molar-refractivity contribution in [3.63, 3.8) is 0 Å². The molecule has 4 atom stereocenters. The number of aryl methyl sites for hydroxylation is 2. The second-order valence-electron chi connectivity index (χ2n) is 7.11. The number of hydrogen-bond donors (Lipinski definition) is 0. The van der Waals surface area contributed by atoms with Gasteiger partial charge in [-0.05, 0) is 36.8 Å². The van der Waals surface area contributed by atoms with E-state index >= 15 is 0 Å². The van der Waals surface area contributed by atoms with E-state index in [0.29, 0.717) is 24.4 Å². The van der Waals surface area contributed by atoms with E-state index < -0.39 is 0 Å². The largest absolute Gasteiger partial charge is 0.375 e. The van der Waals surface area contributed by atoms with Gasteiger partial charge in [-0.25, -0.2) is 0 Å². The van der Waals surface area contributed by atoms with Crippen molar-refractivity contribution in [3.8, 4) is 0 Å². The number of fused-ring (bicyclic) bond motifs is 1. The molecule has 0 bridgehead atoms. The lowest BCUT2D eigenvalue weighted by Crippen LogP contribution is -2.23. The van der Waals surface area contributed by atoms with Crippen LogP contribution in [0.4, 0.5) is 0 Å². The molecule has 2 heteroatoms. The van der Waals surface area contributed by atoms with Gasteiger partial charge in [0, 0.05) is 12.8 Å². The van der Waals surface area contributed by atoms with E-state index in [1.807, 2.05) is 0 Å². The van der Waals surface area contributed by atoms with Crippen LogP contribution in [-0.2, 0) is 22.3 Å². The van der Waals surface area contributed by atoms with Gasteiger partial charge in [0.25, 0.3) is 0 Å². The first-order chi connectivity index (χ1) is 11.9. The summed E-state index contributed by atoms with van der Waals surface area (Å²) in [5, 5.41) is 0. The Labute approximate surface area is 144 Å². The molecule has 2 nitrogen and oxygen atoms in total. The molecule has 2 saturated heterocycles. The molecule has 2 aromatic carbocycles. The van der Waals surface area contributed by atoms with E-state index in [4.69, 9.17) is 9.47 Å². The fraction of sp³-hybridized carbons (Fsp3) is 0.455. The van der Waals surface area contributed by atoms with Crippen LogP contribution in [-0.4, -0.2) is 24.4 Å². The first kappa shape index (κ1) is 15.9. The highest BCUT2D eigenvalue weighted by Gasteiger charge is 2.44.